The fraction of sp³-hybridized carbons (Fsp3) is 0.571. The summed E-state index contributed by atoms with van der Waals surface area (Å²) in [5, 5.41) is 0. The van der Waals surface area contributed by atoms with Gasteiger partial charge in [-0.25, -0.2) is 10.0 Å². The molecule has 0 unspecified atom stereocenters. The molecule has 0 saturated heterocycles. The number of hydrogen-bond donors (Lipinski definition) is 0. The van der Waals surface area contributed by atoms with Gasteiger partial charge in [-0.15, -0.1) is 5.73 Å². The van der Waals surface area contributed by atoms with Crippen LogP contribution >= 0.6 is 10.0 Å². The molecule has 0 bridgehead atoms. The third kappa shape index (κ3) is 6.46. The fourth-order valence-electron chi connectivity index (χ4n) is 3.04. The fourth-order valence-corrected chi connectivity index (χ4v) is 7.29. The first kappa shape index (κ1) is 21.1. The van der Waals surface area contributed by atoms with Crippen LogP contribution in [-0.2, 0) is 6.42 Å². The van der Waals surface area contributed by atoms with Crippen LogP contribution < -0.4 is 0 Å². The van der Waals surface area contributed by atoms with Gasteiger partial charge in [-0.3, -0.25) is 0 Å². The first-order valence-electron chi connectivity index (χ1n) is 7.95. The molecule has 0 aliphatic heterocycles. The molecule has 0 aliphatic rings. The molecule has 1 aromatic carbocycles. The lowest BCUT2D eigenvalue weighted by atomic mass is 10.1. The average molecular weight is 323 g/mol. The normalized spacial score (nSPS) is 12.0. The minimum absolute atomic E-state index is 0. The molecular weight excluding hydrogens is 284 g/mol. The van der Waals surface area contributed by atoms with Crippen LogP contribution in [-0.4, -0.2) is 17.8 Å². The molecule has 0 fully saturated rings. The molecule has 0 heterocycles. The Hall–Kier alpha value is -0.910. The summed E-state index contributed by atoms with van der Waals surface area (Å²) in [4.78, 5) is 1.56. The highest BCUT2D eigenvalue weighted by molar-refractivity contribution is 8.33. The van der Waals surface area contributed by atoms with Gasteiger partial charge in [0.1, 0.15) is 0 Å². The summed E-state index contributed by atoms with van der Waals surface area (Å²) in [5.74, 6) is 4.18. The second-order valence-electron chi connectivity index (χ2n) is 7.17. The quantitative estimate of drug-likeness (QED) is 0.476. The summed E-state index contributed by atoms with van der Waals surface area (Å²) in [7, 11) is -0.702. The molecule has 0 atom stereocenters. The van der Waals surface area contributed by atoms with Crippen molar-refractivity contribution in [2.24, 2.45) is 11.8 Å². The van der Waals surface area contributed by atoms with E-state index in [2.05, 4.69) is 77.5 Å². The van der Waals surface area contributed by atoms with E-state index in [4.69, 9.17) is 0 Å². The van der Waals surface area contributed by atoms with Crippen LogP contribution in [0.3, 0.4) is 0 Å². The Balaban J connectivity index is 0. The monoisotopic (exact) mass is 322 g/mol. The summed E-state index contributed by atoms with van der Waals surface area (Å²) >= 11 is 0. The van der Waals surface area contributed by atoms with Crippen LogP contribution in [0.5, 0.6) is 0 Å². The number of allylic oxidation sites excluding steroid dienone is 1. The predicted octanol–water partition coefficient (Wildman–Crippen LogP) is 6.95. The maximum absolute atomic E-state index is 3.72. The standard InChI is InChI=1S/C20H32S.CH4.H2/c1-8-18(6)13-19-9-11-20(12-10-19)21(7,14-16(2)3)15-17(4)5;;/h9-12,16-17H,1,13-15H2,2-7H3;1H4;1H. The molecule has 0 aromatic heterocycles. The Bertz CT molecular complexity index is 483. The van der Waals surface area contributed by atoms with Crippen molar-refractivity contribution in [2.75, 3.05) is 17.8 Å². The van der Waals surface area contributed by atoms with Gasteiger partial charge >= 0.3 is 0 Å². The Labute approximate surface area is 142 Å². The summed E-state index contributed by atoms with van der Waals surface area (Å²) < 4.78 is 0. The predicted molar refractivity (Wildman–Crippen MR) is 109 cm³/mol. The van der Waals surface area contributed by atoms with E-state index in [9.17, 15) is 0 Å². The van der Waals surface area contributed by atoms with Crippen LogP contribution in [0.25, 0.3) is 0 Å². The zero-order valence-electron chi connectivity index (χ0n) is 14.7. The van der Waals surface area contributed by atoms with Crippen LogP contribution in [0, 0.1) is 11.8 Å². The van der Waals surface area contributed by atoms with Gasteiger partial charge in [0.25, 0.3) is 0 Å². The van der Waals surface area contributed by atoms with Crippen LogP contribution in [0.2, 0.25) is 0 Å². The molecule has 0 amide bonds. The van der Waals surface area contributed by atoms with E-state index in [0.29, 0.717) is 0 Å². The van der Waals surface area contributed by atoms with Gasteiger partial charge in [0.15, 0.2) is 0 Å². The second kappa shape index (κ2) is 9.28. The van der Waals surface area contributed by atoms with Crippen molar-refractivity contribution in [1.82, 2.24) is 0 Å². The molecule has 128 valence electrons. The van der Waals surface area contributed by atoms with Crippen molar-refractivity contribution in [3.05, 3.63) is 47.7 Å². The summed E-state index contributed by atoms with van der Waals surface area (Å²) in [6.07, 6.45) is 3.47. The molecule has 0 radical (unpaired) electrons. The number of rotatable bonds is 7. The third-order valence-electron chi connectivity index (χ3n) is 3.67. The van der Waals surface area contributed by atoms with Gasteiger partial charge in [0, 0.05) is 7.85 Å². The van der Waals surface area contributed by atoms with Gasteiger partial charge in [0.05, 0.1) is 0 Å². The smallest absolute Gasteiger partial charge is 0.000613 e. The second-order valence-corrected chi connectivity index (χ2v) is 10.9. The lowest BCUT2D eigenvalue weighted by Gasteiger charge is -2.40. The average Bonchev–Trinajstić information content (AvgIpc) is 2.37. The topological polar surface area (TPSA) is 0 Å². The Morgan fingerprint density at radius 3 is 1.91 bits per heavy atom. The lowest BCUT2D eigenvalue weighted by Crippen LogP contribution is -2.16. The van der Waals surface area contributed by atoms with Gasteiger partial charge in [0.2, 0.25) is 0 Å². The first-order chi connectivity index (χ1) is 9.76. The van der Waals surface area contributed by atoms with E-state index in [-0.39, 0.29) is 8.85 Å². The molecule has 1 aromatic rings. The van der Waals surface area contributed by atoms with E-state index in [1.165, 1.54) is 22.6 Å². The zero-order valence-corrected chi connectivity index (χ0v) is 15.5. The Kier molecular flexibility index (Phi) is 8.89. The van der Waals surface area contributed by atoms with E-state index < -0.39 is 10.0 Å². The van der Waals surface area contributed by atoms with Crippen molar-refractivity contribution in [3.8, 4) is 0 Å². The van der Waals surface area contributed by atoms with Gasteiger partial charge in [-0.2, -0.15) is 0 Å². The zero-order chi connectivity index (χ0) is 16.0. The minimum atomic E-state index is -0.702. The van der Waals surface area contributed by atoms with E-state index in [1.807, 2.05) is 0 Å². The number of hydrogen-bond acceptors (Lipinski definition) is 0. The maximum atomic E-state index is 3.72. The van der Waals surface area contributed by atoms with E-state index >= 15 is 0 Å². The molecule has 0 spiro atoms. The van der Waals surface area contributed by atoms with Crippen LogP contribution in [0.1, 0.15) is 49.0 Å². The molecule has 1 heteroatoms. The summed E-state index contributed by atoms with van der Waals surface area (Å²) in [6, 6.07) is 9.32. The maximum Gasteiger partial charge on any atom is 0.000613 e. The summed E-state index contributed by atoms with van der Waals surface area (Å²) in [6.45, 7) is 15.2. The van der Waals surface area contributed by atoms with Crippen molar-refractivity contribution in [3.63, 3.8) is 0 Å². The molecule has 0 N–H and O–H groups in total. The molecule has 0 saturated carbocycles. The highest BCUT2D eigenvalue weighted by atomic mass is 32.3. The van der Waals surface area contributed by atoms with Crippen molar-refractivity contribution < 1.29 is 1.43 Å². The Morgan fingerprint density at radius 1 is 1.09 bits per heavy atom. The van der Waals surface area contributed by atoms with Crippen molar-refractivity contribution in [2.45, 2.75) is 53.4 Å². The molecular formula is C21H38S. The highest BCUT2D eigenvalue weighted by Crippen LogP contribution is 2.54. The molecule has 22 heavy (non-hydrogen) atoms. The van der Waals surface area contributed by atoms with Gasteiger partial charge in [-0.05, 0) is 64.7 Å². The molecule has 1 rings (SSSR count). The first-order valence-corrected chi connectivity index (χ1v) is 10.3. The minimum Gasteiger partial charge on any atom is -0.217 e. The van der Waals surface area contributed by atoms with Gasteiger partial charge < -0.3 is 0 Å². The highest BCUT2D eigenvalue weighted by Gasteiger charge is 2.23. The lowest BCUT2D eigenvalue weighted by molar-refractivity contribution is 0.719. The van der Waals surface area contributed by atoms with E-state index in [1.54, 1.807) is 4.90 Å². The largest absolute Gasteiger partial charge is 0.217 e. The van der Waals surface area contributed by atoms with E-state index in [0.717, 1.165) is 18.3 Å². The SMILES string of the molecule is C.C=C=C(C)Cc1ccc(S(C)(CC(C)C)CC(C)C)cc1.[HH]. The van der Waals surface area contributed by atoms with Crippen molar-refractivity contribution >= 4 is 10.0 Å². The number of benzene rings is 1. The molecule has 0 nitrogen and oxygen atoms in total. The molecule has 0 aliphatic carbocycles. The van der Waals surface area contributed by atoms with Crippen LogP contribution in [0.4, 0.5) is 0 Å². The van der Waals surface area contributed by atoms with Crippen LogP contribution in [0.15, 0.2) is 47.0 Å². The third-order valence-corrected chi connectivity index (χ3v) is 7.88. The van der Waals surface area contributed by atoms with Gasteiger partial charge in [-0.1, -0.05) is 53.8 Å². The Morgan fingerprint density at radius 2 is 1.55 bits per heavy atom. The summed E-state index contributed by atoms with van der Waals surface area (Å²) in [5.41, 5.74) is 5.56. The van der Waals surface area contributed by atoms with Crippen molar-refractivity contribution in [1.29, 1.82) is 0 Å².